The van der Waals surface area contributed by atoms with E-state index >= 15 is 0 Å². The van der Waals surface area contributed by atoms with Gasteiger partial charge in [-0.2, -0.15) is 0 Å². The predicted octanol–water partition coefficient (Wildman–Crippen LogP) is 0.702. The highest BCUT2D eigenvalue weighted by atomic mass is 35.5. The maximum atomic E-state index is 9.86. The number of alkyl halides is 1. The monoisotopic (exact) mass is 132 g/mol. The smallest absolute Gasteiger partial charge is 0.322 e. The zero-order valence-corrected chi connectivity index (χ0v) is 4.85. The van der Waals surface area contributed by atoms with Gasteiger partial charge in [-0.25, -0.2) is 0 Å². The first-order chi connectivity index (χ1) is 3.68. The van der Waals surface area contributed by atoms with E-state index in [4.69, 9.17) is 23.1 Å². The molecule has 1 atom stereocenters. The Balaban J connectivity index is 3.52. The second-order valence-corrected chi connectivity index (χ2v) is 1.74. The molecule has 1 N–H and O–H groups in total. The molecule has 8 heavy (non-hydrogen) atoms. The Kier molecular flexibility index (Phi) is 3.05. The molecule has 2 nitrogen and oxygen atoms in total. The van der Waals surface area contributed by atoms with Crippen LogP contribution in [-0.2, 0) is 4.79 Å². The Morgan fingerprint density at radius 1 is 2.00 bits per heavy atom. The SMILES string of the molecule is C#CCC(Cl)C(=O)O. The molecule has 0 heterocycles. The fourth-order valence-electron chi connectivity index (χ4n) is 0.191. The quantitative estimate of drug-likeness (QED) is 0.444. The minimum absolute atomic E-state index is 0.0802. The summed E-state index contributed by atoms with van der Waals surface area (Å²) < 4.78 is 0. The highest BCUT2D eigenvalue weighted by molar-refractivity contribution is 6.29. The number of hydrogen-bond donors (Lipinski definition) is 1. The first-order valence-corrected chi connectivity index (χ1v) is 2.42. The molecule has 0 saturated carbocycles. The minimum atomic E-state index is -1.07. The number of rotatable bonds is 2. The zero-order valence-electron chi connectivity index (χ0n) is 4.10. The summed E-state index contributed by atoms with van der Waals surface area (Å²) in [6.45, 7) is 0. The summed E-state index contributed by atoms with van der Waals surface area (Å²) in [5, 5.41) is 7.16. The number of carbonyl (C=O) groups is 1. The van der Waals surface area contributed by atoms with Gasteiger partial charge in [0.2, 0.25) is 0 Å². The maximum Gasteiger partial charge on any atom is 0.322 e. The summed E-state index contributed by atoms with van der Waals surface area (Å²) in [7, 11) is 0. The Bertz CT molecular complexity index is 125. The molecular weight excluding hydrogens is 128 g/mol. The Morgan fingerprint density at radius 2 is 2.50 bits per heavy atom. The molecule has 0 rings (SSSR count). The van der Waals surface area contributed by atoms with Gasteiger partial charge >= 0.3 is 5.97 Å². The molecule has 0 fully saturated rings. The van der Waals surface area contributed by atoms with E-state index in [9.17, 15) is 4.79 Å². The van der Waals surface area contributed by atoms with E-state index in [1.165, 1.54) is 0 Å². The van der Waals surface area contributed by atoms with Gasteiger partial charge in [-0.15, -0.1) is 23.9 Å². The van der Waals surface area contributed by atoms with Crippen LogP contribution in [0.2, 0.25) is 0 Å². The van der Waals surface area contributed by atoms with Crippen LogP contribution in [-0.4, -0.2) is 16.5 Å². The summed E-state index contributed by atoms with van der Waals surface area (Å²) >= 11 is 5.17. The molecular formula is C5H5ClO2. The highest BCUT2D eigenvalue weighted by Gasteiger charge is 2.09. The minimum Gasteiger partial charge on any atom is -0.480 e. The Labute approximate surface area is 52.5 Å². The summed E-state index contributed by atoms with van der Waals surface area (Å²) in [4.78, 5) is 9.86. The van der Waals surface area contributed by atoms with Gasteiger partial charge in [-0.1, -0.05) is 0 Å². The van der Waals surface area contributed by atoms with Gasteiger partial charge in [0.15, 0.2) is 0 Å². The molecule has 0 aromatic rings. The van der Waals surface area contributed by atoms with Crippen molar-refractivity contribution in [3.05, 3.63) is 0 Å². The number of halogens is 1. The van der Waals surface area contributed by atoms with Crippen LogP contribution in [0.15, 0.2) is 0 Å². The lowest BCUT2D eigenvalue weighted by atomic mass is 10.3. The van der Waals surface area contributed by atoms with Gasteiger partial charge in [0.1, 0.15) is 5.38 Å². The van der Waals surface area contributed by atoms with Crippen LogP contribution in [0.3, 0.4) is 0 Å². The van der Waals surface area contributed by atoms with Crippen molar-refractivity contribution in [3.8, 4) is 12.3 Å². The standard InChI is InChI=1S/C5H5ClO2/c1-2-3-4(6)5(7)8/h1,4H,3H2,(H,7,8). The highest BCUT2D eigenvalue weighted by Crippen LogP contribution is 1.98. The molecule has 44 valence electrons. The van der Waals surface area contributed by atoms with Crippen molar-refractivity contribution in [1.29, 1.82) is 0 Å². The lowest BCUT2D eigenvalue weighted by Gasteiger charge is -1.93. The molecule has 0 aromatic carbocycles. The second kappa shape index (κ2) is 3.34. The van der Waals surface area contributed by atoms with Crippen LogP contribution in [0.1, 0.15) is 6.42 Å². The number of carboxylic acids is 1. The van der Waals surface area contributed by atoms with Crippen molar-refractivity contribution >= 4 is 17.6 Å². The molecule has 0 radical (unpaired) electrons. The van der Waals surface area contributed by atoms with Crippen molar-refractivity contribution < 1.29 is 9.90 Å². The van der Waals surface area contributed by atoms with Gasteiger partial charge in [0.25, 0.3) is 0 Å². The van der Waals surface area contributed by atoms with Gasteiger partial charge in [0, 0.05) is 6.42 Å². The lowest BCUT2D eigenvalue weighted by Crippen LogP contribution is -2.11. The molecule has 0 spiro atoms. The molecule has 3 heteroatoms. The van der Waals surface area contributed by atoms with Crippen molar-refractivity contribution in [2.75, 3.05) is 0 Å². The topological polar surface area (TPSA) is 37.3 Å². The van der Waals surface area contributed by atoms with Gasteiger partial charge in [0.05, 0.1) is 0 Å². The molecule has 0 aliphatic rings. The van der Waals surface area contributed by atoms with E-state index in [1.807, 2.05) is 0 Å². The van der Waals surface area contributed by atoms with Crippen molar-refractivity contribution in [1.82, 2.24) is 0 Å². The zero-order chi connectivity index (χ0) is 6.57. The number of aliphatic carboxylic acids is 1. The molecule has 0 amide bonds. The third-order valence-electron chi connectivity index (χ3n) is 0.565. The van der Waals surface area contributed by atoms with E-state index < -0.39 is 11.3 Å². The fourth-order valence-corrected chi connectivity index (χ4v) is 0.280. The molecule has 0 aromatic heterocycles. The third-order valence-corrected chi connectivity index (χ3v) is 0.906. The lowest BCUT2D eigenvalue weighted by molar-refractivity contribution is -0.136. The van der Waals surface area contributed by atoms with Gasteiger partial charge < -0.3 is 5.11 Å². The second-order valence-electron chi connectivity index (χ2n) is 1.21. The summed E-state index contributed by atoms with van der Waals surface area (Å²) in [5.74, 6) is 1.07. The van der Waals surface area contributed by atoms with Crippen LogP contribution in [0.5, 0.6) is 0 Å². The Hall–Kier alpha value is -0.680. The van der Waals surface area contributed by atoms with E-state index in [-0.39, 0.29) is 6.42 Å². The number of carboxylic acid groups (broad SMARTS) is 1. The molecule has 0 aliphatic carbocycles. The van der Waals surface area contributed by atoms with E-state index in [1.54, 1.807) is 0 Å². The van der Waals surface area contributed by atoms with E-state index in [2.05, 4.69) is 5.92 Å². The van der Waals surface area contributed by atoms with Gasteiger partial charge in [-0.3, -0.25) is 4.79 Å². The first-order valence-electron chi connectivity index (χ1n) is 1.99. The Morgan fingerprint density at radius 3 is 2.62 bits per heavy atom. The van der Waals surface area contributed by atoms with Crippen LogP contribution in [0, 0.1) is 12.3 Å². The van der Waals surface area contributed by atoms with Crippen LogP contribution in [0.25, 0.3) is 0 Å². The van der Waals surface area contributed by atoms with E-state index in [0.29, 0.717) is 0 Å². The number of hydrogen-bond acceptors (Lipinski definition) is 1. The largest absolute Gasteiger partial charge is 0.480 e. The maximum absolute atomic E-state index is 9.86. The molecule has 0 aliphatic heterocycles. The average Bonchev–Trinajstić information content (AvgIpc) is 1.67. The summed E-state index contributed by atoms with van der Waals surface area (Å²) in [6.07, 6.45) is 4.85. The van der Waals surface area contributed by atoms with E-state index in [0.717, 1.165) is 0 Å². The van der Waals surface area contributed by atoms with Gasteiger partial charge in [-0.05, 0) is 0 Å². The summed E-state index contributed by atoms with van der Waals surface area (Å²) in [6, 6.07) is 0. The normalized spacial score (nSPS) is 12.0. The van der Waals surface area contributed by atoms with Crippen LogP contribution >= 0.6 is 11.6 Å². The number of terminal acetylenes is 1. The van der Waals surface area contributed by atoms with Crippen molar-refractivity contribution in [2.45, 2.75) is 11.8 Å². The van der Waals surface area contributed by atoms with Crippen LogP contribution in [0.4, 0.5) is 0 Å². The predicted molar refractivity (Wildman–Crippen MR) is 30.7 cm³/mol. The molecule has 0 bridgehead atoms. The first kappa shape index (κ1) is 7.32. The summed E-state index contributed by atoms with van der Waals surface area (Å²) in [5.41, 5.74) is 0. The van der Waals surface area contributed by atoms with Crippen LogP contribution < -0.4 is 0 Å². The molecule has 1 unspecified atom stereocenters. The van der Waals surface area contributed by atoms with Crippen molar-refractivity contribution in [3.63, 3.8) is 0 Å². The fraction of sp³-hybridized carbons (Fsp3) is 0.400. The van der Waals surface area contributed by atoms with Crippen molar-refractivity contribution in [2.24, 2.45) is 0 Å². The third kappa shape index (κ3) is 2.49. The average molecular weight is 133 g/mol. The molecule has 0 saturated heterocycles.